The normalized spacial score (nSPS) is 10.6. The molecule has 0 aliphatic heterocycles. The highest BCUT2D eigenvalue weighted by Crippen LogP contribution is 2.29. The molecule has 4 heteroatoms. The Morgan fingerprint density at radius 2 is 0.967 bits per heavy atom. The van der Waals surface area contributed by atoms with Crippen molar-refractivity contribution in [2.75, 3.05) is 14.2 Å². The number of benzene rings is 4. The van der Waals surface area contributed by atoms with E-state index in [0.29, 0.717) is 11.1 Å². The quantitative estimate of drug-likeness (QED) is 0.412. The number of carbonyl (C=O) groups is 2. The van der Waals surface area contributed by atoms with Crippen LogP contribution in [0.25, 0.3) is 33.0 Å². The Hall–Kier alpha value is -3.92. The van der Waals surface area contributed by atoms with Gasteiger partial charge in [0.2, 0.25) is 0 Å². The third-order valence-electron chi connectivity index (χ3n) is 5.07. The smallest absolute Gasteiger partial charge is 0.337 e. The number of esters is 2. The van der Waals surface area contributed by atoms with Crippen molar-refractivity contribution >= 4 is 22.7 Å². The van der Waals surface area contributed by atoms with Crippen molar-refractivity contribution in [2.45, 2.75) is 0 Å². The van der Waals surface area contributed by atoms with Crippen LogP contribution in [-0.2, 0) is 9.47 Å². The Balaban J connectivity index is 1.75. The van der Waals surface area contributed by atoms with Gasteiger partial charge >= 0.3 is 11.9 Å². The number of rotatable bonds is 4. The van der Waals surface area contributed by atoms with Gasteiger partial charge in [-0.1, -0.05) is 48.5 Å². The third kappa shape index (κ3) is 3.80. The summed E-state index contributed by atoms with van der Waals surface area (Å²) in [4.78, 5) is 23.7. The first-order valence-corrected chi connectivity index (χ1v) is 9.50. The summed E-state index contributed by atoms with van der Waals surface area (Å²) in [5.74, 6) is -0.712. The predicted octanol–water partition coefficient (Wildman–Crippen LogP) is 5.75. The maximum absolute atomic E-state index is 11.9. The molecule has 0 fully saturated rings. The van der Waals surface area contributed by atoms with Gasteiger partial charge in [-0.2, -0.15) is 0 Å². The monoisotopic (exact) mass is 396 g/mol. The minimum atomic E-state index is -0.356. The number of hydrogen-bond acceptors (Lipinski definition) is 4. The molecule has 0 spiro atoms. The van der Waals surface area contributed by atoms with Crippen LogP contribution >= 0.6 is 0 Å². The topological polar surface area (TPSA) is 52.6 Å². The van der Waals surface area contributed by atoms with Crippen molar-refractivity contribution in [3.05, 3.63) is 96.1 Å². The standard InChI is InChI=1S/C26H20O4/c1-29-25(27)22-7-3-5-18(13-22)20-11-9-17-10-12-21(16-24(17)15-20)19-6-4-8-23(14-19)26(28)30-2/h3-16H,1-2H3. The van der Waals surface area contributed by atoms with Crippen LogP contribution in [0.2, 0.25) is 0 Å². The molecular weight excluding hydrogens is 376 g/mol. The van der Waals surface area contributed by atoms with Crippen LogP contribution in [0.3, 0.4) is 0 Å². The van der Waals surface area contributed by atoms with Crippen molar-refractivity contribution < 1.29 is 19.1 Å². The molecule has 30 heavy (non-hydrogen) atoms. The summed E-state index contributed by atoms with van der Waals surface area (Å²) in [5.41, 5.74) is 4.94. The Labute approximate surface area is 174 Å². The number of methoxy groups -OCH3 is 2. The second kappa shape index (κ2) is 8.21. The highest BCUT2D eigenvalue weighted by atomic mass is 16.5. The Morgan fingerprint density at radius 3 is 1.40 bits per heavy atom. The van der Waals surface area contributed by atoms with Crippen molar-refractivity contribution in [2.24, 2.45) is 0 Å². The van der Waals surface area contributed by atoms with Crippen LogP contribution in [0, 0.1) is 0 Å². The fraction of sp³-hybridized carbons (Fsp3) is 0.0769. The first-order valence-electron chi connectivity index (χ1n) is 9.50. The largest absolute Gasteiger partial charge is 0.465 e. The fourth-order valence-electron chi connectivity index (χ4n) is 3.49. The second-order valence-electron chi connectivity index (χ2n) is 6.92. The zero-order valence-electron chi connectivity index (χ0n) is 16.7. The van der Waals surface area contributed by atoms with E-state index in [4.69, 9.17) is 9.47 Å². The summed E-state index contributed by atoms with van der Waals surface area (Å²) in [6, 6.07) is 27.2. The SMILES string of the molecule is COC(=O)c1cccc(-c2ccc3ccc(-c4cccc(C(=O)OC)c4)cc3c2)c1. The molecule has 0 saturated carbocycles. The van der Waals surface area contributed by atoms with E-state index in [-0.39, 0.29) is 11.9 Å². The molecule has 4 nitrogen and oxygen atoms in total. The van der Waals surface area contributed by atoms with E-state index in [1.165, 1.54) is 14.2 Å². The van der Waals surface area contributed by atoms with E-state index in [9.17, 15) is 9.59 Å². The van der Waals surface area contributed by atoms with Crippen LogP contribution < -0.4 is 0 Å². The lowest BCUT2D eigenvalue weighted by Gasteiger charge is -2.09. The lowest BCUT2D eigenvalue weighted by atomic mass is 9.96. The second-order valence-corrected chi connectivity index (χ2v) is 6.92. The average molecular weight is 396 g/mol. The van der Waals surface area contributed by atoms with Crippen LogP contribution in [0.15, 0.2) is 84.9 Å². The van der Waals surface area contributed by atoms with Gasteiger partial charge in [0.05, 0.1) is 25.3 Å². The molecule has 0 heterocycles. The van der Waals surface area contributed by atoms with Crippen LogP contribution in [0.5, 0.6) is 0 Å². The first kappa shape index (κ1) is 19.4. The van der Waals surface area contributed by atoms with Gasteiger partial charge in [0.25, 0.3) is 0 Å². The molecule has 0 amide bonds. The molecule has 0 atom stereocenters. The van der Waals surface area contributed by atoms with Gasteiger partial charge in [-0.15, -0.1) is 0 Å². The van der Waals surface area contributed by atoms with E-state index in [1.54, 1.807) is 12.1 Å². The summed E-state index contributed by atoms with van der Waals surface area (Å²) >= 11 is 0. The zero-order valence-corrected chi connectivity index (χ0v) is 16.7. The Morgan fingerprint density at radius 1 is 0.533 bits per heavy atom. The van der Waals surface area contributed by atoms with Gasteiger partial charge in [-0.3, -0.25) is 0 Å². The van der Waals surface area contributed by atoms with Gasteiger partial charge in [0.15, 0.2) is 0 Å². The van der Waals surface area contributed by atoms with E-state index in [0.717, 1.165) is 33.0 Å². The molecule has 0 aliphatic carbocycles. The van der Waals surface area contributed by atoms with Crippen molar-refractivity contribution in [1.29, 1.82) is 0 Å². The number of fused-ring (bicyclic) bond motifs is 1. The molecular formula is C26H20O4. The Kier molecular flexibility index (Phi) is 5.31. The summed E-state index contributed by atoms with van der Waals surface area (Å²) < 4.78 is 9.65. The number of carbonyl (C=O) groups excluding carboxylic acids is 2. The van der Waals surface area contributed by atoms with E-state index in [1.807, 2.05) is 48.5 Å². The fourth-order valence-corrected chi connectivity index (χ4v) is 3.49. The molecule has 0 radical (unpaired) electrons. The summed E-state index contributed by atoms with van der Waals surface area (Å²) in [6.45, 7) is 0. The van der Waals surface area contributed by atoms with Gasteiger partial charge in [-0.25, -0.2) is 9.59 Å². The van der Waals surface area contributed by atoms with Crippen molar-refractivity contribution in [3.8, 4) is 22.3 Å². The maximum Gasteiger partial charge on any atom is 0.337 e. The molecule has 4 aromatic rings. The molecule has 0 N–H and O–H groups in total. The molecule has 0 unspecified atom stereocenters. The Bertz CT molecular complexity index is 1160. The average Bonchev–Trinajstić information content (AvgIpc) is 2.82. The predicted molar refractivity (Wildman–Crippen MR) is 117 cm³/mol. The van der Waals surface area contributed by atoms with Gasteiger partial charge in [-0.05, 0) is 69.4 Å². The maximum atomic E-state index is 11.9. The lowest BCUT2D eigenvalue weighted by Crippen LogP contribution is -2.00. The molecule has 0 aliphatic rings. The molecule has 0 bridgehead atoms. The zero-order chi connectivity index (χ0) is 21.1. The lowest BCUT2D eigenvalue weighted by molar-refractivity contribution is 0.0592. The first-order chi connectivity index (χ1) is 14.6. The van der Waals surface area contributed by atoms with E-state index in [2.05, 4.69) is 24.3 Å². The summed E-state index contributed by atoms with van der Waals surface area (Å²) in [6.07, 6.45) is 0. The molecule has 0 aromatic heterocycles. The summed E-state index contributed by atoms with van der Waals surface area (Å²) in [7, 11) is 2.75. The minimum absolute atomic E-state index is 0.356. The minimum Gasteiger partial charge on any atom is -0.465 e. The van der Waals surface area contributed by atoms with Gasteiger partial charge in [0, 0.05) is 0 Å². The van der Waals surface area contributed by atoms with Crippen LogP contribution in [0.1, 0.15) is 20.7 Å². The number of hydrogen-bond donors (Lipinski definition) is 0. The highest BCUT2D eigenvalue weighted by Gasteiger charge is 2.09. The van der Waals surface area contributed by atoms with Crippen LogP contribution in [0.4, 0.5) is 0 Å². The van der Waals surface area contributed by atoms with Crippen LogP contribution in [-0.4, -0.2) is 26.2 Å². The number of ether oxygens (including phenoxy) is 2. The van der Waals surface area contributed by atoms with Gasteiger partial charge < -0.3 is 9.47 Å². The molecule has 4 aromatic carbocycles. The molecule has 0 saturated heterocycles. The summed E-state index contributed by atoms with van der Waals surface area (Å²) in [5, 5.41) is 2.17. The molecule has 148 valence electrons. The van der Waals surface area contributed by atoms with Gasteiger partial charge in [0.1, 0.15) is 0 Å². The van der Waals surface area contributed by atoms with E-state index >= 15 is 0 Å². The molecule has 4 rings (SSSR count). The third-order valence-corrected chi connectivity index (χ3v) is 5.07. The van der Waals surface area contributed by atoms with Crippen molar-refractivity contribution in [1.82, 2.24) is 0 Å². The van der Waals surface area contributed by atoms with E-state index < -0.39 is 0 Å². The highest BCUT2D eigenvalue weighted by molar-refractivity contribution is 5.94. The van der Waals surface area contributed by atoms with Crippen molar-refractivity contribution in [3.63, 3.8) is 0 Å².